The summed E-state index contributed by atoms with van der Waals surface area (Å²) in [5.41, 5.74) is -0.817. The number of pyridine rings is 1. The number of halogens is 5. The van der Waals surface area contributed by atoms with E-state index in [4.69, 9.17) is 18.4 Å². The molecule has 0 N–H and O–H groups in total. The second kappa shape index (κ2) is 16.4. The van der Waals surface area contributed by atoms with Crippen molar-refractivity contribution in [1.29, 1.82) is 0 Å². The van der Waals surface area contributed by atoms with E-state index in [1.54, 1.807) is 24.3 Å². The topological polar surface area (TPSA) is 54.8 Å². The second-order valence-electron chi connectivity index (χ2n) is 12.0. The van der Waals surface area contributed by atoms with Crippen LogP contribution in [-0.2, 0) is 34.6 Å². The van der Waals surface area contributed by atoms with Gasteiger partial charge >= 0.3 is 6.18 Å². The molecule has 0 saturated carbocycles. The lowest BCUT2D eigenvalue weighted by Crippen LogP contribution is -2.48. The van der Waals surface area contributed by atoms with Crippen molar-refractivity contribution in [1.82, 2.24) is 14.4 Å². The number of thioether (sulfide) groups is 1. The largest absolute Gasteiger partial charge is 0.416 e. The summed E-state index contributed by atoms with van der Waals surface area (Å²) >= 11 is 0.690. The van der Waals surface area contributed by atoms with Crippen molar-refractivity contribution in [3.8, 4) is 11.1 Å². The molecule has 1 aromatic heterocycles. The third kappa shape index (κ3) is 8.74. The highest BCUT2D eigenvalue weighted by Crippen LogP contribution is 2.32. The van der Waals surface area contributed by atoms with Gasteiger partial charge in [-0.2, -0.15) is 13.2 Å². The van der Waals surface area contributed by atoms with Crippen LogP contribution in [-0.4, -0.2) is 59.5 Å². The summed E-state index contributed by atoms with van der Waals surface area (Å²) in [5, 5.41) is -0.821. The number of hydrogen-bond donors (Lipinski definition) is 0. The van der Waals surface area contributed by atoms with Gasteiger partial charge < -0.3 is 19.1 Å². The first-order chi connectivity index (χ1) is 29.0. The summed E-state index contributed by atoms with van der Waals surface area (Å²) in [6, 6.07) is 10.3. The minimum Gasteiger partial charge on any atom is -0.383 e. The fourth-order valence-electron chi connectivity index (χ4n) is 6.03. The van der Waals surface area contributed by atoms with E-state index >= 15 is 0 Å². The summed E-state index contributed by atoms with van der Waals surface area (Å²) in [6.07, 6.45) is -4.19. The molecule has 1 saturated heterocycles. The molecule has 0 atom stereocenters. The number of aromatic nitrogens is 1. The maximum Gasteiger partial charge on any atom is 0.416 e. The second-order valence-corrected chi connectivity index (χ2v) is 13.0. The maximum absolute atomic E-state index is 14.8. The van der Waals surface area contributed by atoms with Crippen LogP contribution in [0.3, 0.4) is 0 Å². The summed E-state index contributed by atoms with van der Waals surface area (Å²) in [4.78, 5) is 31.3. The predicted molar refractivity (Wildman–Crippen MR) is 193 cm³/mol. The van der Waals surface area contributed by atoms with E-state index in [2.05, 4.69) is 0 Å². The fourth-order valence-corrected chi connectivity index (χ4v) is 7.02. The smallest absolute Gasteiger partial charge is 0.383 e. The summed E-state index contributed by atoms with van der Waals surface area (Å²) < 4.78 is 156. The van der Waals surface area contributed by atoms with E-state index in [9.17, 15) is 31.5 Å². The van der Waals surface area contributed by atoms with Crippen LogP contribution in [0.4, 0.5) is 22.0 Å². The third-order valence-corrected chi connectivity index (χ3v) is 9.81. The number of para-hydroxylation sites is 1. The van der Waals surface area contributed by atoms with Gasteiger partial charge in [0.05, 0.1) is 33.7 Å². The first-order valence-electron chi connectivity index (χ1n) is 21.1. The Morgan fingerprint density at radius 2 is 1.71 bits per heavy atom. The molecule has 272 valence electrons. The minimum atomic E-state index is -4.52. The number of amides is 1. The number of benzene rings is 4. The molecule has 0 spiro atoms. The Bertz CT molecular complexity index is 2540. The van der Waals surface area contributed by atoms with E-state index < -0.39 is 109 Å². The van der Waals surface area contributed by atoms with Crippen molar-refractivity contribution in [2.45, 2.75) is 48.9 Å². The number of carbonyl (C=O) groups is 1. The molecule has 2 heterocycles. The molecule has 4 aromatic carbocycles. The van der Waals surface area contributed by atoms with Crippen molar-refractivity contribution >= 4 is 28.6 Å². The van der Waals surface area contributed by atoms with Gasteiger partial charge in [-0.25, -0.2) is 8.78 Å². The standard InChI is InChI=1S/C40H38F5N3O3S/c1-51-22-21-46-19-17-32(18-20-46)47(24-27-9-11-28(12-10-27)29-13-15-31(16-14-29)40(43,44)45)37(50)25-48-35-8-3-2-6-33(35)36(49)23-38(48)52-26-30-5-4-7-34(41)39(30)42/h2-16,23,32H,17-22,24-26H2,1H3/i1D3,2D,3D,6D,8D,21D2,23D. The van der Waals surface area contributed by atoms with Gasteiger partial charge in [0, 0.05) is 64.7 Å². The quantitative estimate of drug-likeness (QED) is 0.0949. The van der Waals surface area contributed by atoms with Crippen LogP contribution in [0.2, 0.25) is 0 Å². The lowest BCUT2D eigenvalue weighted by Gasteiger charge is -2.39. The van der Waals surface area contributed by atoms with Gasteiger partial charge in [0.1, 0.15) is 6.54 Å². The Labute approximate surface area is 316 Å². The third-order valence-electron chi connectivity index (χ3n) is 8.76. The summed E-state index contributed by atoms with van der Waals surface area (Å²) in [7, 11) is -2.84. The zero-order chi connectivity index (χ0) is 45.5. The molecule has 1 amide bonds. The van der Waals surface area contributed by atoms with Crippen LogP contribution in [0.15, 0.2) is 107 Å². The Balaban J connectivity index is 1.39. The van der Waals surface area contributed by atoms with Gasteiger partial charge in [0.2, 0.25) is 5.91 Å². The van der Waals surface area contributed by atoms with Crippen LogP contribution < -0.4 is 5.43 Å². The number of hydrogen-bond acceptors (Lipinski definition) is 5. The number of nitrogens with zero attached hydrogens (tertiary/aromatic N) is 3. The predicted octanol–water partition coefficient (Wildman–Crippen LogP) is 8.40. The highest BCUT2D eigenvalue weighted by molar-refractivity contribution is 7.98. The highest BCUT2D eigenvalue weighted by Gasteiger charge is 2.31. The number of fused-ring (bicyclic) bond motifs is 1. The van der Waals surface area contributed by atoms with Crippen molar-refractivity contribution in [2.24, 2.45) is 0 Å². The minimum absolute atomic E-state index is 0.0460. The Hall–Kier alpha value is -4.52. The molecule has 1 fully saturated rings. The van der Waals surface area contributed by atoms with Crippen molar-refractivity contribution in [3.63, 3.8) is 0 Å². The van der Waals surface area contributed by atoms with Crippen molar-refractivity contribution < 1.29 is 45.2 Å². The van der Waals surface area contributed by atoms with Gasteiger partial charge in [-0.05, 0) is 59.8 Å². The molecular weight excluding hydrogens is 698 g/mol. The van der Waals surface area contributed by atoms with E-state index in [1.165, 1.54) is 34.1 Å². The van der Waals surface area contributed by atoms with Crippen LogP contribution in [0.25, 0.3) is 22.0 Å². The molecule has 5 aromatic rings. The lowest BCUT2D eigenvalue weighted by molar-refractivity contribution is -0.137. The molecule has 0 radical (unpaired) electrons. The van der Waals surface area contributed by atoms with Crippen LogP contribution >= 0.6 is 11.8 Å². The lowest BCUT2D eigenvalue weighted by atomic mass is 10.00. The maximum atomic E-state index is 14.8. The number of ether oxygens (including phenoxy) is 1. The Morgan fingerprint density at radius 1 is 1.02 bits per heavy atom. The number of likely N-dealkylation sites (tertiary alicyclic amines) is 1. The SMILES string of the molecule is [2H]c1c([2H])c([2H])c2c(c1[2H])c(=O)c([2H])c(SCc1cccc(F)c1F)n2CC(=O)N(Cc1ccc(-c2ccc(C(F)(F)F)cc2)cc1)C1CCN(C([2H])([2H])COC([2H])([2H])[2H])CC1. The fraction of sp³-hybridized carbons (Fsp3) is 0.300. The van der Waals surface area contributed by atoms with E-state index in [1.807, 2.05) is 0 Å². The number of piperidine rings is 1. The first-order valence-corrected chi connectivity index (χ1v) is 17.1. The van der Waals surface area contributed by atoms with Crippen LogP contribution in [0, 0.1) is 11.6 Å². The molecule has 1 aliphatic heterocycles. The molecular formula is C40H38F5N3O3S. The molecule has 0 bridgehead atoms. The van der Waals surface area contributed by atoms with Gasteiger partial charge in [-0.3, -0.25) is 9.59 Å². The van der Waals surface area contributed by atoms with Gasteiger partial charge in [0.25, 0.3) is 0 Å². The molecule has 0 unspecified atom stereocenters. The molecule has 6 rings (SSSR count). The number of carbonyl (C=O) groups excluding carboxylic acids is 1. The highest BCUT2D eigenvalue weighted by atomic mass is 32.2. The Morgan fingerprint density at radius 3 is 2.40 bits per heavy atom. The zero-order valence-electron chi connectivity index (χ0n) is 37.4. The Kier molecular flexibility index (Phi) is 8.31. The average Bonchev–Trinajstić information content (AvgIpc) is 3.22. The monoisotopic (exact) mass is 745 g/mol. The number of alkyl halides is 3. The molecule has 12 heteroatoms. The van der Waals surface area contributed by atoms with E-state index in [0.29, 0.717) is 28.5 Å². The summed E-state index contributed by atoms with van der Waals surface area (Å²) in [6.45, 7) is -3.67. The normalized spacial score (nSPS) is 17.5. The van der Waals surface area contributed by atoms with E-state index in [-0.39, 0.29) is 48.8 Å². The van der Waals surface area contributed by atoms with Crippen molar-refractivity contribution in [2.75, 3.05) is 33.2 Å². The van der Waals surface area contributed by atoms with Gasteiger partial charge in [0.15, 0.2) is 17.1 Å². The molecule has 6 nitrogen and oxygen atoms in total. The summed E-state index contributed by atoms with van der Waals surface area (Å²) in [5.74, 6) is -3.35. The molecule has 52 heavy (non-hydrogen) atoms. The number of rotatable bonds is 12. The number of methoxy groups -OCH3 is 1. The molecule has 1 aliphatic rings. The van der Waals surface area contributed by atoms with Crippen LogP contribution in [0.5, 0.6) is 0 Å². The first kappa shape index (κ1) is 26.3. The van der Waals surface area contributed by atoms with E-state index in [0.717, 1.165) is 22.8 Å². The van der Waals surface area contributed by atoms with Crippen LogP contribution in [0.1, 0.15) is 43.2 Å². The van der Waals surface area contributed by atoms with Crippen molar-refractivity contribution in [3.05, 3.63) is 135 Å². The molecule has 0 aliphatic carbocycles. The zero-order valence-corrected chi connectivity index (χ0v) is 28.3. The van der Waals surface area contributed by atoms with Gasteiger partial charge in [-0.1, -0.05) is 60.6 Å². The average molecular weight is 746 g/mol. The van der Waals surface area contributed by atoms with Gasteiger partial charge in [-0.15, -0.1) is 11.8 Å².